The monoisotopic (exact) mass is 285 g/mol. The molecule has 2 unspecified atom stereocenters. The average molecular weight is 285 g/mol. The van der Waals surface area contributed by atoms with E-state index in [-0.39, 0.29) is 0 Å². The van der Waals surface area contributed by atoms with Gasteiger partial charge >= 0.3 is 0 Å². The molecule has 2 aromatic rings. The van der Waals surface area contributed by atoms with Crippen LogP contribution in [0.25, 0.3) is 0 Å². The molecule has 21 heavy (non-hydrogen) atoms. The van der Waals surface area contributed by atoms with E-state index in [0.717, 1.165) is 12.2 Å². The summed E-state index contributed by atoms with van der Waals surface area (Å²) in [7, 11) is 0. The smallest absolute Gasteiger partial charge is 0.145 e. The molecule has 0 radical (unpaired) electrons. The Kier molecular flexibility index (Phi) is 5.34. The van der Waals surface area contributed by atoms with E-state index in [0.29, 0.717) is 23.8 Å². The van der Waals surface area contributed by atoms with Gasteiger partial charge in [0.05, 0.1) is 18.0 Å². The summed E-state index contributed by atoms with van der Waals surface area (Å²) in [6, 6.07) is 11.8. The first-order valence-corrected chi connectivity index (χ1v) is 7.56. The maximum absolute atomic E-state index is 9.76. The number of aliphatic hydroxyl groups excluding tert-OH is 1. The maximum Gasteiger partial charge on any atom is 0.145 e. The summed E-state index contributed by atoms with van der Waals surface area (Å²) < 4.78 is 5.96. The highest BCUT2D eigenvalue weighted by Crippen LogP contribution is 2.32. The molecule has 2 atom stereocenters. The number of para-hydroxylation sites is 1. The largest absolute Gasteiger partial charge is 0.455 e. The highest BCUT2D eigenvalue weighted by atomic mass is 16.5. The van der Waals surface area contributed by atoms with Crippen molar-refractivity contribution in [1.82, 2.24) is 4.98 Å². The van der Waals surface area contributed by atoms with Crippen LogP contribution in [0.3, 0.4) is 0 Å². The Bertz CT molecular complexity index is 566. The number of aromatic nitrogens is 1. The summed E-state index contributed by atoms with van der Waals surface area (Å²) in [5.41, 5.74) is 1.89. The molecule has 112 valence electrons. The Balaban J connectivity index is 2.19. The van der Waals surface area contributed by atoms with Crippen molar-refractivity contribution in [3.05, 3.63) is 53.9 Å². The standard InChI is InChI=1S/C18H23NO2/c1-4-13(3)15-8-6-7-9-18(15)21-14-10-11-16(19-12-14)17(20)5-2/h6-13,17,20H,4-5H2,1-3H3. The van der Waals surface area contributed by atoms with Crippen molar-refractivity contribution in [1.29, 1.82) is 0 Å². The molecular weight excluding hydrogens is 262 g/mol. The highest BCUT2D eigenvalue weighted by Gasteiger charge is 2.11. The summed E-state index contributed by atoms with van der Waals surface area (Å²) in [6.45, 7) is 6.30. The predicted octanol–water partition coefficient (Wildman–Crippen LogP) is 4.83. The lowest BCUT2D eigenvalue weighted by Gasteiger charge is -2.15. The fourth-order valence-corrected chi connectivity index (χ4v) is 2.19. The van der Waals surface area contributed by atoms with Crippen LogP contribution in [0, 0.1) is 0 Å². The molecule has 0 fully saturated rings. The van der Waals surface area contributed by atoms with Gasteiger partial charge in [0.1, 0.15) is 11.5 Å². The van der Waals surface area contributed by atoms with Gasteiger partial charge in [0, 0.05) is 0 Å². The molecular formula is C18H23NO2. The lowest BCUT2D eigenvalue weighted by molar-refractivity contribution is 0.169. The summed E-state index contributed by atoms with van der Waals surface area (Å²) in [5.74, 6) is 2.02. The minimum atomic E-state index is -0.508. The molecule has 0 aliphatic rings. The van der Waals surface area contributed by atoms with Crippen molar-refractivity contribution < 1.29 is 9.84 Å². The zero-order valence-electron chi connectivity index (χ0n) is 12.9. The lowest BCUT2D eigenvalue weighted by atomic mass is 9.98. The van der Waals surface area contributed by atoms with Crippen molar-refractivity contribution in [3.63, 3.8) is 0 Å². The van der Waals surface area contributed by atoms with Gasteiger partial charge in [-0.05, 0) is 42.5 Å². The Morgan fingerprint density at radius 1 is 1.10 bits per heavy atom. The van der Waals surface area contributed by atoms with E-state index in [1.165, 1.54) is 5.56 Å². The Morgan fingerprint density at radius 2 is 1.86 bits per heavy atom. The summed E-state index contributed by atoms with van der Waals surface area (Å²) >= 11 is 0. The highest BCUT2D eigenvalue weighted by molar-refractivity contribution is 5.39. The van der Waals surface area contributed by atoms with Crippen LogP contribution < -0.4 is 4.74 Å². The van der Waals surface area contributed by atoms with Gasteiger partial charge in [0.15, 0.2) is 0 Å². The normalized spacial score (nSPS) is 13.7. The van der Waals surface area contributed by atoms with Gasteiger partial charge in [-0.2, -0.15) is 0 Å². The molecule has 0 saturated carbocycles. The molecule has 0 aliphatic heterocycles. The summed E-state index contributed by atoms with van der Waals surface area (Å²) in [6.07, 6.45) is 2.89. The average Bonchev–Trinajstić information content (AvgIpc) is 2.54. The third-order valence-corrected chi connectivity index (χ3v) is 3.78. The molecule has 0 spiro atoms. The zero-order valence-corrected chi connectivity index (χ0v) is 12.9. The quantitative estimate of drug-likeness (QED) is 0.826. The van der Waals surface area contributed by atoms with Gasteiger partial charge in [0.25, 0.3) is 0 Å². The molecule has 0 amide bonds. The Labute approximate surface area is 126 Å². The molecule has 1 heterocycles. The second kappa shape index (κ2) is 7.23. The number of aliphatic hydroxyl groups is 1. The van der Waals surface area contributed by atoms with E-state index in [1.54, 1.807) is 6.20 Å². The molecule has 0 saturated heterocycles. The zero-order chi connectivity index (χ0) is 15.2. The lowest BCUT2D eigenvalue weighted by Crippen LogP contribution is -1.99. The first-order valence-electron chi connectivity index (χ1n) is 7.56. The first-order chi connectivity index (χ1) is 10.2. The van der Waals surface area contributed by atoms with Gasteiger partial charge in [-0.15, -0.1) is 0 Å². The molecule has 1 aromatic heterocycles. The Morgan fingerprint density at radius 3 is 2.48 bits per heavy atom. The van der Waals surface area contributed by atoms with Crippen LogP contribution >= 0.6 is 0 Å². The topological polar surface area (TPSA) is 42.4 Å². The van der Waals surface area contributed by atoms with Crippen molar-refractivity contribution >= 4 is 0 Å². The van der Waals surface area contributed by atoms with Crippen LogP contribution in [-0.4, -0.2) is 10.1 Å². The fourth-order valence-electron chi connectivity index (χ4n) is 2.19. The first kappa shape index (κ1) is 15.5. The third-order valence-electron chi connectivity index (χ3n) is 3.78. The van der Waals surface area contributed by atoms with E-state index < -0.39 is 6.10 Å². The van der Waals surface area contributed by atoms with Crippen molar-refractivity contribution in [3.8, 4) is 11.5 Å². The predicted molar refractivity (Wildman–Crippen MR) is 84.7 cm³/mol. The second-order valence-electron chi connectivity index (χ2n) is 5.29. The Hall–Kier alpha value is -1.87. The van der Waals surface area contributed by atoms with E-state index in [2.05, 4.69) is 24.9 Å². The van der Waals surface area contributed by atoms with Gasteiger partial charge in [-0.1, -0.05) is 39.0 Å². The van der Waals surface area contributed by atoms with Crippen LogP contribution in [0.5, 0.6) is 11.5 Å². The van der Waals surface area contributed by atoms with E-state index in [9.17, 15) is 5.11 Å². The minimum Gasteiger partial charge on any atom is -0.455 e. The van der Waals surface area contributed by atoms with Crippen LogP contribution in [0.2, 0.25) is 0 Å². The molecule has 0 bridgehead atoms. The third kappa shape index (κ3) is 3.82. The summed E-state index contributed by atoms with van der Waals surface area (Å²) in [4.78, 5) is 4.27. The van der Waals surface area contributed by atoms with E-state index >= 15 is 0 Å². The number of benzene rings is 1. The van der Waals surface area contributed by atoms with E-state index in [1.807, 2.05) is 37.3 Å². The van der Waals surface area contributed by atoms with Crippen molar-refractivity contribution in [2.45, 2.75) is 45.6 Å². The number of hydrogen-bond acceptors (Lipinski definition) is 3. The number of hydrogen-bond donors (Lipinski definition) is 1. The number of rotatable bonds is 6. The SMILES string of the molecule is CCC(C)c1ccccc1Oc1ccc(C(O)CC)nc1. The molecule has 3 nitrogen and oxygen atoms in total. The van der Waals surface area contributed by atoms with Crippen molar-refractivity contribution in [2.24, 2.45) is 0 Å². The van der Waals surface area contributed by atoms with E-state index in [4.69, 9.17) is 4.74 Å². The minimum absolute atomic E-state index is 0.454. The number of pyridine rings is 1. The molecule has 3 heteroatoms. The molecule has 2 rings (SSSR count). The van der Waals surface area contributed by atoms with Crippen LogP contribution in [0.1, 0.15) is 56.9 Å². The fraction of sp³-hybridized carbons (Fsp3) is 0.389. The molecule has 1 aromatic carbocycles. The van der Waals surface area contributed by atoms with Crippen molar-refractivity contribution in [2.75, 3.05) is 0 Å². The van der Waals surface area contributed by atoms with Crippen LogP contribution in [0.4, 0.5) is 0 Å². The maximum atomic E-state index is 9.76. The molecule has 0 aliphatic carbocycles. The van der Waals surface area contributed by atoms with Gasteiger partial charge < -0.3 is 9.84 Å². The number of ether oxygens (including phenoxy) is 1. The van der Waals surface area contributed by atoms with Gasteiger partial charge in [-0.25, -0.2) is 0 Å². The molecule has 1 N–H and O–H groups in total. The number of nitrogens with zero attached hydrogens (tertiary/aromatic N) is 1. The van der Waals surface area contributed by atoms with Gasteiger partial charge in [-0.3, -0.25) is 4.98 Å². The summed E-state index contributed by atoms with van der Waals surface area (Å²) in [5, 5.41) is 9.76. The van der Waals surface area contributed by atoms with Crippen LogP contribution in [-0.2, 0) is 0 Å². The second-order valence-corrected chi connectivity index (χ2v) is 5.29. The van der Waals surface area contributed by atoms with Gasteiger partial charge in [0.2, 0.25) is 0 Å². The van der Waals surface area contributed by atoms with Crippen LogP contribution in [0.15, 0.2) is 42.6 Å².